The fraction of sp³-hybridized carbons (Fsp3) is 0.400. The average Bonchev–Trinajstić information content (AvgIpc) is 2.27. The molecule has 1 aromatic rings. The van der Waals surface area contributed by atoms with E-state index in [1.165, 1.54) is 7.05 Å². The van der Waals surface area contributed by atoms with Crippen molar-refractivity contribution in [1.29, 1.82) is 0 Å². The minimum atomic E-state index is -3.08. The smallest absolute Gasteiger partial charge is 0.211 e. The molecule has 90 valence electrons. The van der Waals surface area contributed by atoms with Crippen LogP contribution in [0.1, 0.15) is 6.42 Å². The molecule has 0 aliphatic rings. The minimum Gasteiger partial charge on any atom is -0.218 e. The van der Waals surface area contributed by atoms with Gasteiger partial charge >= 0.3 is 0 Å². The van der Waals surface area contributed by atoms with Gasteiger partial charge in [-0.15, -0.1) is 11.8 Å². The van der Waals surface area contributed by atoms with Crippen molar-refractivity contribution < 1.29 is 8.42 Å². The molecule has 0 radical (unpaired) electrons. The van der Waals surface area contributed by atoms with Crippen molar-refractivity contribution in [3.05, 3.63) is 29.3 Å². The molecular weight excluding hydrogens is 266 g/mol. The van der Waals surface area contributed by atoms with Crippen LogP contribution in [-0.2, 0) is 10.0 Å². The van der Waals surface area contributed by atoms with Crippen molar-refractivity contribution in [3.63, 3.8) is 0 Å². The van der Waals surface area contributed by atoms with E-state index in [0.717, 1.165) is 10.6 Å². The predicted molar refractivity (Wildman–Crippen MR) is 69.6 cm³/mol. The molecule has 0 aliphatic heterocycles. The molecule has 0 atom stereocenters. The summed E-state index contributed by atoms with van der Waals surface area (Å²) in [5, 5.41) is 0.712. The van der Waals surface area contributed by atoms with Crippen molar-refractivity contribution >= 4 is 33.4 Å². The van der Waals surface area contributed by atoms with Gasteiger partial charge in [0.2, 0.25) is 10.0 Å². The fourth-order valence-corrected chi connectivity index (χ4v) is 3.19. The molecule has 0 bridgehead atoms. The summed E-state index contributed by atoms with van der Waals surface area (Å²) in [6, 6.07) is 7.55. The second-order valence-corrected chi connectivity index (χ2v) is 6.75. The molecule has 0 heterocycles. The SMILES string of the molecule is CNS(=O)(=O)CCCSc1ccccc1Cl. The second kappa shape index (κ2) is 6.49. The summed E-state index contributed by atoms with van der Waals surface area (Å²) in [7, 11) is -1.65. The Labute approximate surface area is 106 Å². The normalized spacial score (nSPS) is 11.6. The number of rotatable bonds is 6. The van der Waals surface area contributed by atoms with E-state index in [1.807, 2.05) is 24.3 Å². The Morgan fingerprint density at radius 2 is 2.06 bits per heavy atom. The number of benzene rings is 1. The van der Waals surface area contributed by atoms with E-state index in [-0.39, 0.29) is 5.75 Å². The van der Waals surface area contributed by atoms with E-state index in [2.05, 4.69) is 4.72 Å². The third-order valence-electron chi connectivity index (χ3n) is 1.96. The summed E-state index contributed by atoms with van der Waals surface area (Å²) in [6.07, 6.45) is 0.610. The molecule has 1 rings (SSSR count). The zero-order valence-corrected chi connectivity index (χ0v) is 11.3. The van der Waals surface area contributed by atoms with Gasteiger partial charge in [-0.25, -0.2) is 13.1 Å². The molecule has 1 N–H and O–H groups in total. The van der Waals surface area contributed by atoms with Gasteiger partial charge in [-0.2, -0.15) is 0 Å². The Kier molecular flexibility index (Phi) is 5.61. The lowest BCUT2D eigenvalue weighted by atomic mass is 10.4. The summed E-state index contributed by atoms with van der Waals surface area (Å²) >= 11 is 7.54. The van der Waals surface area contributed by atoms with Crippen LogP contribution in [-0.4, -0.2) is 27.0 Å². The van der Waals surface area contributed by atoms with Gasteiger partial charge in [0.15, 0.2) is 0 Å². The van der Waals surface area contributed by atoms with Crippen LogP contribution in [0, 0.1) is 0 Å². The third-order valence-corrected chi connectivity index (χ3v) is 5.01. The molecule has 0 saturated heterocycles. The van der Waals surface area contributed by atoms with E-state index >= 15 is 0 Å². The largest absolute Gasteiger partial charge is 0.218 e. The van der Waals surface area contributed by atoms with Crippen molar-refractivity contribution in [2.24, 2.45) is 0 Å². The van der Waals surface area contributed by atoms with Crippen molar-refractivity contribution in [1.82, 2.24) is 4.72 Å². The first kappa shape index (κ1) is 13.8. The molecule has 0 aliphatic carbocycles. The quantitative estimate of drug-likeness (QED) is 0.642. The van der Waals surface area contributed by atoms with Gasteiger partial charge in [0.1, 0.15) is 0 Å². The highest BCUT2D eigenvalue weighted by molar-refractivity contribution is 7.99. The average molecular weight is 280 g/mol. The summed E-state index contributed by atoms with van der Waals surface area (Å²) in [6.45, 7) is 0. The van der Waals surface area contributed by atoms with Gasteiger partial charge in [0.05, 0.1) is 10.8 Å². The Hall–Kier alpha value is -0.230. The molecule has 0 spiro atoms. The zero-order valence-electron chi connectivity index (χ0n) is 8.94. The molecule has 0 amide bonds. The first-order valence-corrected chi connectivity index (χ1v) is 7.85. The predicted octanol–water partition coefficient (Wildman–Crippen LogP) is 2.37. The van der Waals surface area contributed by atoms with Crippen molar-refractivity contribution in [2.45, 2.75) is 11.3 Å². The van der Waals surface area contributed by atoms with Crippen LogP contribution >= 0.6 is 23.4 Å². The van der Waals surface area contributed by atoms with E-state index in [1.54, 1.807) is 11.8 Å². The van der Waals surface area contributed by atoms with Gasteiger partial charge in [-0.05, 0) is 31.4 Å². The van der Waals surface area contributed by atoms with Crippen LogP contribution in [0.15, 0.2) is 29.2 Å². The molecule has 0 fully saturated rings. The van der Waals surface area contributed by atoms with E-state index in [4.69, 9.17) is 11.6 Å². The number of thioether (sulfide) groups is 1. The Morgan fingerprint density at radius 3 is 2.69 bits per heavy atom. The molecule has 3 nitrogen and oxygen atoms in total. The highest BCUT2D eigenvalue weighted by Gasteiger charge is 2.06. The number of sulfonamides is 1. The molecule has 6 heteroatoms. The maximum atomic E-state index is 11.1. The molecular formula is C10H14ClNO2S2. The minimum absolute atomic E-state index is 0.154. The fourth-order valence-electron chi connectivity index (χ4n) is 1.09. The molecule has 1 aromatic carbocycles. The first-order chi connectivity index (χ1) is 7.55. The highest BCUT2D eigenvalue weighted by Crippen LogP contribution is 2.26. The van der Waals surface area contributed by atoms with E-state index < -0.39 is 10.0 Å². The van der Waals surface area contributed by atoms with E-state index in [9.17, 15) is 8.42 Å². The van der Waals surface area contributed by atoms with Crippen LogP contribution in [0.4, 0.5) is 0 Å². The lowest BCUT2D eigenvalue weighted by molar-refractivity contribution is 0.587. The summed E-state index contributed by atoms with van der Waals surface area (Å²) in [5.41, 5.74) is 0. The maximum Gasteiger partial charge on any atom is 0.211 e. The summed E-state index contributed by atoms with van der Waals surface area (Å²) in [5.74, 6) is 0.894. The number of hydrogen-bond acceptors (Lipinski definition) is 3. The van der Waals surface area contributed by atoms with Gasteiger partial charge < -0.3 is 0 Å². The second-order valence-electron chi connectivity index (χ2n) is 3.16. The topological polar surface area (TPSA) is 46.2 Å². The maximum absolute atomic E-state index is 11.1. The Balaban J connectivity index is 2.35. The van der Waals surface area contributed by atoms with Gasteiger partial charge in [0.25, 0.3) is 0 Å². The van der Waals surface area contributed by atoms with Crippen molar-refractivity contribution in [2.75, 3.05) is 18.6 Å². The first-order valence-electron chi connectivity index (χ1n) is 4.84. The van der Waals surface area contributed by atoms with Gasteiger partial charge in [0, 0.05) is 4.90 Å². The van der Waals surface area contributed by atoms with E-state index in [0.29, 0.717) is 11.4 Å². The van der Waals surface area contributed by atoms with Gasteiger partial charge in [-0.1, -0.05) is 23.7 Å². The van der Waals surface area contributed by atoms with Crippen molar-refractivity contribution in [3.8, 4) is 0 Å². The standard InChI is InChI=1S/C10H14ClNO2S2/c1-12-16(13,14)8-4-7-15-10-6-3-2-5-9(10)11/h2-3,5-6,12H,4,7-8H2,1H3. The van der Waals surface area contributed by atoms with Crippen LogP contribution in [0.25, 0.3) is 0 Å². The van der Waals surface area contributed by atoms with Crippen LogP contribution < -0.4 is 4.72 Å². The lowest BCUT2D eigenvalue weighted by Gasteiger charge is -2.04. The highest BCUT2D eigenvalue weighted by atomic mass is 35.5. The molecule has 0 aromatic heterocycles. The number of halogens is 1. The van der Waals surface area contributed by atoms with Crippen LogP contribution in [0.2, 0.25) is 5.02 Å². The summed E-state index contributed by atoms with van der Waals surface area (Å²) < 4.78 is 24.6. The Bertz CT molecular complexity index is 434. The summed E-state index contributed by atoms with van der Waals surface area (Å²) in [4.78, 5) is 0.992. The van der Waals surface area contributed by atoms with Gasteiger partial charge in [-0.3, -0.25) is 0 Å². The number of hydrogen-bond donors (Lipinski definition) is 1. The molecule has 0 unspecified atom stereocenters. The molecule has 0 saturated carbocycles. The lowest BCUT2D eigenvalue weighted by Crippen LogP contribution is -2.22. The monoisotopic (exact) mass is 279 g/mol. The third kappa shape index (κ3) is 4.74. The Morgan fingerprint density at radius 1 is 1.38 bits per heavy atom. The van der Waals surface area contributed by atoms with Crippen LogP contribution in [0.5, 0.6) is 0 Å². The zero-order chi connectivity index (χ0) is 12.0. The van der Waals surface area contributed by atoms with Crippen LogP contribution in [0.3, 0.4) is 0 Å². The molecule has 16 heavy (non-hydrogen) atoms. The number of nitrogens with one attached hydrogen (secondary N) is 1.